The van der Waals surface area contributed by atoms with Crippen molar-refractivity contribution in [3.8, 4) is 0 Å². The minimum atomic E-state index is -4.57. The lowest BCUT2D eigenvalue weighted by molar-refractivity contribution is -0.870. The molecule has 2 N–H and O–H groups in total. The molecular weight excluding hydrogens is 886 g/mol. The average molecular weight is 972 g/mol. The molecule has 0 spiro atoms. The largest absolute Gasteiger partial charge is 0.756 e. The number of benzene rings is 4. The molecule has 0 aromatic heterocycles. The van der Waals surface area contributed by atoms with Gasteiger partial charge in [0, 0.05) is 17.6 Å². The number of aryl methyl sites for hydroxylation is 1. The molecule has 0 saturated heterocycles. The van der Waals surface area contributed by atoms with Gasteiger partial charge in [-0.05, 0) is 95.0 Å². The lowest BCUT2D eigenvalue weighted by atomic mass is 9.88. The third-order valence-electron chi connectivity index (χ3n) is 13.5. The van der Waals surface area contributed by atoms with Crippen LogP contribution in [0.1, 0.15) is 174 Å². The second-order valence-electron chi connectivity index (χ2n) is 20.4. The summed E-state index contributed by atoms with van der Waals surface area (Å²) in [5.41, 5.74) is 3.13. The van der Waals surface area contributed by atoms with Crippen LogP contribution in [0.2, 0.25) is 0 Å². The van der Waals surface area contributed by atoms with Gasteiger partial charge in [0.2, 0.25) is 0 Å². The van der Waals surface area contributed by atoms with Crippen LogP contribution in [-0.2, 0) is 34.4 Å². The Morgan fingerprint density at radius 1 is 0.594 bits per heavy atom. The Morgan fingerprint density at radius 2 is 1.04 bits per heavy atom. The van der Waals surface area contributed by atoms with E-state index in [0.29, 0.717) is 17.4 Å². The van der Waals surface area contributed by atoms with Crippen LogP contribution in [0.4, 0.5) is 0 Å². The Morgan fingerprint density at radius 3 is 1.57 bits per heavy atom. The third kappa shape index (κ3) is 20.6. The summed E-state index contributed by atoms with van der Waals surface area (Å²) in [7, 11) is 1.07. The van der Waals surface area contributed by atoms with E-state index in [0.717, 1.165) is 68.9 Å². The van der Waals surface area contributed by atoms with Gasteiger partial charge >= 0.3 is 0 Å². The number of carbonyl (C=O) groups is 3. The number of aliphatic hydroxyl groups excluding tert-OH is 2. The molecule has 4 aromatic carbocycles. The molecule has 2 unspecified atom stereocenters. The number of hydrogen-bond acceptors (Lipinski definition) is 9. The molecule has 5 rings (SSSR count). The smallest absolute Gasteiger partial charge is 0.268 e. The number of ketones is 3. The maximum Gasteiger partial charge on any atom is 0.268 e. The summed E-state index contributed by atoms with van der Waals surface area (Å²) in [6.45, 7) is 3.91. The van der Waals surface area contributed by atoms with Gasteiger partial charge in [-0.15, -0.1) is 0 Å². The zero-order valence-electron chi connectivity index (χ0n) is 43.0. The van der Waals surface area contributed by atoms with Gasteiger partial charge in [-0.2, -0.15) is 0 Å². The fourth-order valence-electron chi connectivity index (χ4n) is 9.31. The zero-order valence-corrected chi connectivity index (χ0v) is 43.8. The number of rotatable bonds is 35. The van der Waals surface area contributed by atoms with E-state index in [1.807, 2.05) is 28.1 Å². The predicted molar refractivity (Wildman–Crippen MR) is 282 cm³/mol. The molecular formula is C58H86NO9P. The maximum absolute atomic E-state index is 12.6. The molecule has 3 atom stereocenters. The number of phosphoric acid groups is 1. The second-order valence-corrected chi connectivity index (χ2v) is 21.8. The number of unbranched alkanes of at least 4 members (excludes halogenated alkanes) is 18. The number of quaternary nitrogens is 1. The van der Waals surface area contributed by atoms with Crippen LogP contribution in [-0.4, -0.2) is 85.2 Å². The van der Waals surface area contributed by atoms with Crippen LogP contribution in [0.15, 0.2) is 77.9 Å². The lowest BCUT2D eigenvalue weighted by Gasteiger charge is -2.28. The van der Waals surface area contributed by atoms with E-state index >= 15 is 0 Å². The molecule has 0 bridgehead atoms. The predicted octanol–water partition coefficient (Wildman–Crippen LogP) is 13.0. The fraction of sp³-hybridized carbons (Fsp3) is 0.603. The highest BCUT2D eigenvalue weighted by atomic mass is 31.2. The van der Waals surface area contributed by atoms with Crippen molar-refractivity contribution in [1.29, 1.82) is 0 Å². The summed E-state index contributed by atoms with van der Waals surface area (Å²) < 4.78 is 21.2. The quantitative estimate of drug-likeness (QED) is 0.0151. The molecule has 11 heteroatoms. The van der Waals surface area contributed by atoms with Crippen LogP contribution in [0.25, 0.3) is 32.3 Å². The number of hydrogen-bond donors (Lipinski definition) is 2. The van der Waals surface area contributed by atoms with Gasteiger partial charge in [0.05, 0.1) is 27.7 Å². The minimum Gasteiger partial charge on any atom is -0.756 e. The van der Waals surface area contributed by atoms with Gasteiger partial charge in [-0.25, -0.2) is 0 Å². The van der Waals surface area contributed by atoms with E-state index in [9.17, 15) is 34.1 Å². The lowest BCUT2D eigenvalue weighted by Crippen LogP contribution is -2.38. The second kappa shape index (κ2) is 31.0. The Hall–Kier alpha value is -3.60. The molecule has 0 fully saturated rings. The van der Waals surface area contributed by atoms with Crippen molar-refractivity contribution in [2.45, 2.75) is 187 Å². The summed E-state index contributed by atoms with van der Waals surface area (Å²) in [6.07, 6.45) is 27.5. The first-order chi connectivity index (χ1) is 33.2. The topological polar surface area (TPSA) is 150 Å². The Balaban J connectivity index is 0.000000382. The summed E-state index contributed by atoms with van der Waals surface area (Å²) >= 11 is 0. The molecule has 0 heterocycles. The van der Waals surface area contributed by atoms with Crippen LogP contribution in [0, 0.1) is 0 Å². The van der Waals surface area contributed by atoms with Crippen molar-refractivity contribution in [3.05, 3.63) is 83.5 Å². The Labute approximate surface area is 414 Å². The minimum absolute atomic E-state index is 0.0567. The van der Waals surface area contributed by atoms with E-state index in [-0.39, 0.29) is 24.6 Å². The van der Waals surface area contributed by atoms with E-state index in [4.69, 9.17) is 0 Å². The monoisotopic (exact) mass is 972 g/mol. The summed E-state index contributed by atoms with van der Waals surface area (Å²) in [4.78, 5) is 48.3. The SMILES string of the molecule is CCCCCC(=O)C(O)[C@@H](O)COP(=O)([O-])OCC[N+](C)(C)C.CCCCCCCCCCC1=C(CCCCCCCCCCCCc2ccc3ccc4cccc5ccc2c3c45)C(=O)C=CC1=O. The van der Waals surface area contributed by atoms with Gasteiger partial charge in [0.15, 0.2) is 17.3 Å². The molecule has 1 aliphatic carbocycles. The van der Waals surface area contributed by atoms with E-state index < -0.39 is 32.4 Å². The molecule has 0 saturated carbocycles. The third-order valence-corrected chi connectivity index (χ3v) is 14.5. The van der Waals surface area contributed by atoms with Gasteiger partial charge in [-0.1, -0.05) is 178 Å². The first kappa shape index (κ1) is 58.0. The van der Waals surface area contributed by atoms with Crippen molar-refractivity contribution in [3.63, 3.8) is 0 Å². The van der Waals surface area contributed by atoms with Crippen LogP contribution >= 0.6 is 7.82 Å². The van der Waals surface area contributed by atoms with Gasteiger partial charge in [-0.3, -0.25) is 18.9 Å². The highest BCUT2D eigenvalue weighted by Gasteiger charge is 2.26. The van der Waals surface area contributed by atoms with E-state index in [1.165, 1.54) is 140 Å². The Bertz CT molecular complexity index is 2260. The van der Waals surface area contributed by atoms with Crippen molar-refractivity contribution < 1.29 is 47.6 Å². The fourth-order valence-corrected chi connectivity index (χ4v) is 10.0. The molecule has 10 nitrogen and oxygen atoms in total. The van der Waals surface area contributed by atoms with Crippen LogP contribution < -0.4 is 4.89 Å². The molecule has 69 heavy (non-hydrogen) atoms. The average Bonchev–Trinajstić information content (AvgIpc) is 3.32. The number of aliphatic hydroxyl groups is 2. The van der Waals surface area contributed by atoms with Gasteiger partial charge < -0.3 is 28.6 Å². The van der Waals surface area contributed by atoms with Gasteiger partial charge in [0.25, 0.3) is 7.82 Å². The highest BCUT2D eigenvalue weighted by molar-refractivity contribution is 7.45. The molecule has 382 valence electrons. The van der Waals surface area contributed by atoms with Crippen LogP contribution in [0.5, 0.6) is 0 Å². The number of likely N-dealkylation sites (N-methyl/N-ethyl adjacent to an activating group) is 1. The summed E-state index contributed by atoms with van der Waals surface area (Å²) in [5, 5.41) is 27.6. The summed E-state index contributed by atoms with van der Waals surface area (Å²) in [5.74, 6) is -0.372. The van der Waals surface area contributed by atoms with Crippen molar-refractivity contribution in [2.24, 2.45) is 0 Å². The summed E-state index contributed by atoms with van der Waals surface area (Å²) in [6, 6.07) is 20.5. The molecule has 1 aliphatic rings. The van der Waals surface area contributed by atoms with E-state index in [1.54, 1.807) is 0 Å². The highest BCUT2D eigenvalue weighted by Crippen LogP contribution is 2.39. The number of Topliss-reactive ketones (excluding diaryl/α,β-unsaturated/α-hetero) is 1. The molecule has 0 radical (unpaired) electrons. The number of nitrogens with zero attached hydrogens (tertiary/aromatic N) is 1. The molecule has 0 aliphatic heterocycles. The van der Waals surface area contributed by atoms with Crippen molar-refractivity contribution in [2.75, 3.05) is 40.9 Å². The normalized spacial score (nSPS) is 15.0. The van der Waals surface area contributed by atoms with Gasteiger partial charge in [0.1, 0.15) is 25.4 Å². The molecule has 0 amide bonds. The Kier molecular flexibility index (Phi) is 26.0. The first-order valence-corrected chi connectivity index (χ1v) is 28.1. The van der Waals surface area contributed by atoms with Crippen molar-refractivity contribution >= 4 is 57.5 Å². The maximum atomic E-state index is 12.6. The number of phosphoric ester groups is 1. The molecule has 4 aromatic rings. The van der Waals surface area contributed by atoms with E-state index in [2.05, 4.69) is 70.6 Å². The number of allylic oxidation sites excluding steroid dienone is 4. The standard InChI is InChI=1S/C44H56O2.C14H30NO7P/c1-2-3-4-5-6-12-15-18-24-39-40(42(46)33-32-41(39)45)25-19-16-13-10-8-7-9-11-14-17-21-34-26-27-37-29-28-35-22-20-23-36-30-31-38(34)44(37)43(35)36;1-5-6-7-8-12(16)14(18)13(17)11-22-23(19,20)21-10-9-15(2,3)4/h20,22-23,26-33H,2-19,21,24-25H2,1H3;13-14,17-18H,5-11H2,1-4H3/t;13-,14?/m.0/s1. The number of carbonyl (C=O) groups excluding carboxylic acids is 3. The zero-order chi connectivity index (χ0) is 50.1. The first-order valence-electron chi connectivity index (χ1n) is 26.6. The van der Waals surface area contributed by atoms with Crippen LogP contribution in [0.3, 0.4) is 0 Å². The van der Waals surface area contributed by atoms with Crippen molar-refractivity contribution in [1.82, 2.24) is 0 Å².